The molecule has 0 saturated carbocycles. The molecular weight excluding hydrogens is 232 g/mol. The molecule has 0 aliphatic heterocycles. The summed E-state index contributed by atoms with van der Waals surface area (Å²) in [7, 11) is 1.95. The summed E-state index contributed by atoms with van der Waals surface area (Å²) in [4.78, 5) is 11.8. The van der Waals surface area contributed by atoms with Crippen LogP contribution in [0.1, 0.15) is 45.4 Å². The van der Waals surface area contributed by atoms with Gasteiger partial charge in [-0.1, -0.05) is 26.2 Å². The fourth-order valence-electron chi connectivity index (χ4n) is 1.73. The van der Waals surface area contributed by atoms with Gasteiger partial charge in [0.2, 0.25) is 5.91 Å². The molecule has 0 aromatic rings. The molecule has 1 unspecified atom stereocenters. The van der Waals surface area contributed by atoms with Crippen LogP contribution >= 0.6 is 12.6 Å². The first-order valence-electron chi connectivity index (χ1n) is 6.79. The lowest BCUT2D eigenvalue weighted by molar-refractivity contribution is -0.124. The van der Waals surface area contributed by atoms with Crippen molar-refractivity contribution < 1.29 is 4.79 Å². The van der Waals surface area contributed by atoms with Crippen molar-refractivity contribution in [3.63, 3.8) is 0 Å². The fourth-order valence-corrected chi connectivity index (χ4v) is 2.08. The number of thiol groups is 1. The zero-order chi connectivity index (χ0) is 12.9. The highest BCUT2D eigenvalue weighted by molar-refractivity contribution is 7.80. The van der Waals surface area contributed by atoms with Gasteiger partial charge >= 0.3 is 0 Å². The van der Waals surface area contributed by atoms with Crippen LogP contribution in [-0.4, -0.2) is 31.8 Å². The number of nitrogens with one attached hydrogen (secondary N) is 2. The van der Waals surface area contributed by atoms with Gasteiger partial charge in [0.05, 0.1) is 0 Å². The number of rotatable bonds is 11. The number of unbranched alkanes of at least 4 members (excludes halogenated alkanes) is 3. The molecule has 17 heavy (non-hydrogen) atoms. The van der Waals surface area contributed by atoms with Crippen molar-refractivity contribution in [3.05, 3.63) is 0 Å². The number of hydrogen-bond donors (Lipinski definition) is 3. The summed E-state index contributed by atoms with van der Waals surface area (Å²) in [5.41, 5.74) is 0. The molecule has 0 aromatic heterocycles. The van der Waals surface area contributed by atoms with E-state index in [0.29, 0.717) is 5.75 Å². The van der Waals surface area contributed by atoms with Gasteiger partial charge in [-0.05, 0) is 32.9 Å². The maximum absolute atomic E-state index is 11.8. The molecule has 0 rings (SSSR count). The number of amides is 1. The average molecular weight is 260 g/mol. The minimum atomic E-state index is 0.0804. The second-order valence-electron chi connectivity index (χ2n) is 4.48. The topological polar surface area (TPSA) is 41.1 Å². The standard InChI is InChI=1S/C13H28N2OS/c1-3-4-6-10-15-13(16)12(11-17)8-5-7-9-14-2/h12,14,17H,3-11H2,1-2H3,(H,15,16). The summed E-state index contributed by atoms with van der Waals surface area (Å²) in [6.45, 7) is 4.00. The summed E-state index contributed by atoms with van der Waals surface area (Å²) >= 11 is 4.27. The van der Waals surface area contributed by atoms with Crippen molar-refractivity contribution >= 4 is 18.5 Å². The van der Waals surface area contributed by atoms with Gasteiger partial charge in [0, 0.05) is 18.2 Å². The summed E-state index contributed by atoms with van der Waals surface area (Å²) in [6, 6.07) is 0. The molecule has 0 aliphatic rings. The highest BCUT2D eigenvalue weighted by atomic mass is 32.1. The molecule has 0 aliphatic carbocycles. The van der Waals surface area contributed by atoms with E-state index in [4.69, 9.17) is 0 Å². The molecule has 0 radical (unpaired) electrons. The van der Waals surface area contributed by atoms with E-state index < -0.39 is 0 Å². The zero-order valence-corrected chi connectivity index (χ0v) is 12.2. The van der Waals surface area contributed by atoms with E-state index >= 15 is 0 Å². The van der Waals surface area contributed by atoms with Gasteiger partial charge < -0.3 is 10.6 Å². The fraction of sp³-hybridized carbons (Fsp3) is 0.923. The molecule has 1 atom stereocenters. The van der Waals surface area contributed by atoms with Gasteiger partial charge in [-0.25, -0.2) is 0 Å². The molecule has 0 spiro atoms. The summed E-state index contributed by atoms with van der Waals surface area (Å²) in [5.74, 6) is 0.913. The van der Waals surface area contributed by atoms with E-state index in [-0.39, 0.29) is 11.8 Å². The minimum Gasteiger partial charge on any atom is -0.356 e. The van der Waals surface area contributed by atoms with Gasteiger partial charge in [-0.3, -0.25) is 4.79 Å². The van der Waals surface area contributed by atoms with Crippen LogP contribution < -0.4 is 10.6 Å². The summed E-state index contributed by atoms with van der Waals surface area (Å²) in [5, 5.41) is 6.12. The van der Waals surface area contributed by atoms with Crippen molar-refractivity contribution in [2.75, 3.05) is 25.9 Å². The Kier molecular flexibility index (Phi) is 12.1. The van der Waals surface area contributed by atoms with Crippen LogP contribution in [0.3, 0.4) is 0 Å². The normalized spacial score (nSPS) is 12.4. The van der Waals surface area contributed by atoms with Gasteiger partial charge in [0.25, 0.3) is 0 Å². The summed E-state index contributed by atoms with van der Waals surface area (Å²) < 4.78 is 0. The third-order valence-electron chi connectivity index (χ3n) is 2.90. The number of carbonyl (C=O) groups is 1. The van der Waals surface area contributed by atoms with Crippen molar-refractivity contribution in [1.82, 2.24) is 10.6 Å². The first-order chi connectivity index (χ1) is 8.26. The van der Waals surface area contributed by atoms with Crippen LogP contribution in [0.25, 0.3) is 0 Å². The molecule has 0 saturated heterocycles. The van der Waals surface area contributed by atoms with Gasteiger partial charge in [0.15, 0.2) is 0 Å². The van der Waals surface area contributed by atoms with E-state index in [1.165, 1.54) is 12.8 Å². The lowest BCUT2D eigenvalue weighted by atomic mass is 10.0. The average Bonchev–Trinajstić information content (AvgIpc) is 2.34. The second-order valence-corrected chi connectivity index (χ2v) is 4.84. The Balaban J connectivity index is 3.64. The molecule has 0 bridgehead atoms. The van der Waals surface area contributed by atoms with E-state index in [0.717, 1.165) is 38.8 Å². The molecule has 0 aromatic carbocycles. The maximum Gasteiger partial charge on any atom is 0.223 e. The molecule has 1 amide bonds. The highest BCUT2D eigenvalue weighted by Crippen LogP contribution is 2.10. The van der Waals surface area contributed by atoms with Crippen molar-refractivity contribution in [2.24, 2.45) is 5.92 Å². The minimum absolute atomic E-state index is 0.0804. The summed E-state index contributed by atoms with van der Waals surface area (Å²) in [6.07, 6.45) is 6.63. The van der Waals surface area contributed by atoms with E-state index in [2.05, 4.69) is 30.2 Å². The first kappa shape index (κ1) is 16.8. The molecule has 3 nitrogen and oxygen atoms in total. The quantitative estimate of drug-likeness (QED) is 0.394. The molecule has 102 valence electrons. The van der Waals surface area contributed by atoms with Crippen LogP contribution in [0.5, 0.6) is 0 Å². The van der Waals surface area contributed by atoms with E-state index in [1.807, 2.05) is 7.05 Å². The Morgan fingerprint density at radius 3 is 2.47 bits per heavy atom. The third kappa shape index (κ3) is 9.48. The Bertz CT molecular complexity index is 188. The molecule has 0 fully saturated rings. The van der Waals surface area contributed by atoms with Crippen molar-refractivity contribution in [3.8, 4) is 0 Å². The number of hydrogen-bond acceptors (Lipinski definition) is 3. The zero-order valence-electron chi connectivity index (χ0n) is 11.3. The van der Waals surface area contributed by atoms with E-state index in [1.54, 1.807) is 0 Å². The number of carbonyl (C=O) groups excluding carboxylic acids is 1. The highest BCUT2D eigenvalue weighted by Gasteiger charge is 2.15. The van der Waals surface area contributed by atoms with Crippen LogP contribution in [0.2, 0.25) is 0 Å². The first-order valence-corrected chi connectivity index (χ1v) is 7.42. The Morgan fingerprint density at radius 1 is 1.18 bits per heavy atom. The lowest BCUT2D eigenvalue weighted by Gasteiger charge is -2.14. The van der Waals surface area contributed by atoms with Gasteiger partial charge in [-0.15, -0.1) is 0 Å². The van der Waals surface area contributed by atoms with Crippen LogP contribution in [0.4, 0.5) is 0 Å². The largest absolute Gasteiger partial charge is 0.356 e. The maximum atomic E-state index is 11.8. The Morgan fingerprint density at radius 2 is 1.88 bits per heavy atom. The van der Waals surface area contributed by atoms with E-state index in [9.17, 15) is 4.79 Å². The van der Waals surface area contributed by atoms with Crippen molar-refractivity contribution in [2.45, 2.75) is 45.4 Å². The van der Waals surface area contributed by atoms with Crippen LogP contribution in [-0.2, 0) is 4.79 Å². The molecule has 0 heterocycles. The van der Waals surface area contributed by atoms with Crippen LogP contribution in [0.15, 0.2) is 0 Å². The Hall–Kier alpha value is -0.220. The Labute approximate surface area is 112 Å². The van der Waals surface area contributed by atoms with Crippen molar-refractivity contribution in [1.29, 1.82) is 0 Å². The molecule has 2 N–H and O–H groups in total. The lowest BCUT2D eigenvalue weighted by Crippen LogP contribution is -2.32. The SMILES string of the molecule is CCCCCNC(=O)C(CS)CCCCNC. The molecular formula is C13H28N2OS. The molecule has 4 heteroatoms. The van der Waals surface area contributed by atoms with Crippen LogP contribution in [0, 0.1) is 5.92 Å². The predicted octanol–water partition coefficient (Wildman–Crippen LogP) is 2.23. The predicted molar refractivity (Wildman–Crippen MR) is 77.7 cm³/mol. The smallest absolute Gasteiger partial charge is 0.223 e. The van der Waals surface area contributed by atoms with Gasteiger partial charge in [0.1, 0.15) is 0 Å². The third-order valence-corrected chi connectivity index (χ3v) is 3.34. The van der Waals surface area contributed by atoms with Gasteiger partial charge in [-0.2, -0.15) is 12.6 Å². The second kappa shape index (κ2) is 12.2. The monoisotopic (exact) mass is 260 g/mol.